The minimum atomic E-state index is -4.19. The standard InChI is InChI=1S/C19H19F2N5O2S/c1-12-22-18(11-19(23-12)26(2)3)24-14-5-7-15(8-6-14)25-29(27,28)17-9-4-13(20)10-16(17)21/h4-11,25H,1-3H3,(H,22,23,24). The van der Waals surface area contributed by atoms with Crippen LogP contribution in [0, 0.1) is 18.6 Å². The normalized spacial score (nSPS) is 11.2. The van der Waals surface area contributed by atoms with Crippen LogP contribution >= 0.6 is 0 Å². The van der Waals surface area contributed by atoms with Gasteiger partial charge in [0.25, 0.3) is 10.0 Å². The molecule has 0 radical (unpaired) electrons. The van der Waals surface area contributed by atoms with Gasteiger partial charge in [-0.25, -0.2) is 27.2 Å². The average Bonchev–Trinajstić information content (AvgIpc) is 2.62. The highest BCUT2D eigenvalue weighted by Gasteiger charge is 2.19. The summed E-state index contributed by atoms with van der Waals surface area (Å²) in [5.74, 6) is -0.0844. The number of hydrogen-bond acceptors (Lipinski definition) is 6. The number of anilines is 4. The van der Waals surface area contributed by atoms with Gasteiger partial charge in [-0.15, -0.1) is 0 Å². The van der Waals surface area contributed by atoms with Crippen LogP contribution in [0.4, 0.5) is 31.8 Å². The highest BCUT2D eigenvalue weighted by Crippen LogP contribution is 2.23. The Balaban J connectivity index is 1.77. The van der Waals surface area contributed by atoms with Crippen molar-refractivity contribution in [2.45, 2.75) is 11.8 Å². The van der Waals surface area contributed by atoms with Gasteiger partial charge in [0.15, 0.2) is 0 Å². The van der Waals surface area contributed by atoms with Crippen molar-refractivity contribution < 1.29 is 17.2 Å². The molecule has 2 N–H and O–H groups in total. The smallest absolute Gasteiger partial charge is 0.264 e. The Morgan fingerprint density at radius 2 is 1.59 bits per heavy atom. The molecule has 0 bridgehead atoms. The molecule has 0 amide bonds. The van der Waals surface area contributed by atoms with Crippen molar-refractivity contribution in [1.29, 1.82) is 0 Å². The third kappa shape index (κ3) is 4.96. The molecular weight excluding hydrogens is 400 g/mol. The molecule has 0 saturated carbocycles. The van der Waals surface area contributed by atoms with Gasteiger partial charge in [0, 0.05) is 37.6 Å². The summed E-state index contributed by atoms with van der Waals surface area (Å²) in [4.78, 5) is 9.85. The first-order chi connectivity index (χ1) is 13.6. The highest BCUT2D eigenvalue weighted by atomic mass is 32.2. The van der Waals surface area contributed by atoms with E-state index in [1.165, 1.54) is 12.1 Å². The number of benzene rings is 2. The predicted octanol–water partition coefficient (Wildman–Crippen LogP) is 3.67. The molecule has 1 heterocycles. The third-order valence-electron chi connectivity index (χ3n) is 3.88. The van der Waals surface area contributed by atoms with Crippen molar-refractivity contribution in [1.82, 2.24) is 9.97 Å². The summed E-state index contributed by atoms with van der Waals surface area (Å²) < 4.78 is 53.7. The largest absolute Gasteiger partial charge is 0.363 e. The average molecular weight is 419 g/mol. The van der Waals surface area contributed by atoms with Crippen molar-refractivity contribution in [2.75, 3.05) is 29.0 Å². The van der Waals surface area contributed by atoms with Crippen LogP contribution in [-0.4, -0.2) is 32.5 Å². The number of halogens is 2. The summed E-state index contributed by atoms with van der Waals surface area (Å²) in [6.07, 6.45) is 0. The fraction of sp³-hybridized carbons (Fsp3) is 0.158. The van der Waals surface area contributed by atoms with Crippen LogP contribution in [0.3, 0.4) is 0 Å². The highest BCUT2D eigenvalue weighted by molar-refractivity contribution is 7.92. The number of aryl methyl sites for hydroxylation is 1. The summed E-state index contributed by atoms with van der Waals surface area (Å²) in [5.41, 5.74) is 0.899. The number of hydrogen-bond donors (Lipinski definition) is 2. The predicted molar refractivity (Wildman–Crippen MR) is 108 cm³/mol. The van der Waals surface area contributed by atoms with Gasteiger partial charge < -0.3 is 10.2 Å². The van der Waals surface area contributed by atoms with Crippen molar-refractivity contribution in [3.05, 3.63) is 66.0 Å². The Hall–Kier alpha value is -3.27. The molecule has 0 aliphatic carbocycles. The van der Waals surface area contributed by atoms with Crippen molar-refractivity contribution >= 4 is 33.0 Å². The zero-order valence-electron chi connectivity index (χ0n) is 15.9. The summed E-state index contributed by atoms with van der Waals surface area (Å²) in [7, 11) is -0.449. The van der Waals surface area contributed by atoms with E-state index in [0.717, 1.165) is 18.0 Å². The molecule has 0 unspecified atom stereocenters. The molecule has 0 aliphatic heterocycles. The maximum atomic E-state index is 13.8. The molecule has 0 fully saturated rings. The second-order valence-electron chi connectivity index (χ2n) is 6.44. The van der Waals surface area contributed by atoms with Gasteiger partial charge >= 0.3 is 0 Å². The first-order valence-corrected chi connectivity index (χ1v) is 10.0. The maximum absolute atomic E-state index is 13.8. The van der Waals surface area contributed by atoms with E-state index < -0.39 is 26.6 Å². The van der Waals surface area contributed by atoms with Crippen LogP contribution in [0.15, 0.2) is 53.4 Å². The number of nitrogens with zero attached hydrogens (tertiary/aromatic N) is 3. The molecule has 7 nitrogen and oxygen atoms in total. The second kappa shape index (κ2) is 8.00. The Labute approximate surface area is 167 Å². The van der Waals surface area contributed by atoms with Gasteiger partial charge in [-0.1, -0.05) is 0 Å². The molecule has 0 saturated heterocycles. The molecule has 0 spiro atoms. The van der Waals surface area contributed by atoms with Crippen LogP contribution in [0.25, 0.3) is 0 Å². The molecule has 29 heavy (non-hydrogen) atoms. The molecule has 0 atom stereocenters. The topological polar surface area (TPSA) is 87.2 Å². The summed E-state index contributed by atoms with van der Waals surface area (Å²) >= 11 is 0. The molecule has 3 rings (SSSR count). The molecule has 3 aromatic rings. The summed E-state index contributed by atoms with van der Waals surface area (Å²) in [5, 5.41) is 3.12. The quantitative estimate of drug-likeness (QED) is 0.634. The van der Waals surface area contributed by atoms with Crippen LogP contribution < -0.4 is 14.9 Å². The Kier molecular flexibility index (Phi) is 5.64. The first-order valence-electron chi connectivity index (χ1n) is 8.52. The van der Waals surface area contributed by atoms with E-state index in [1.54, 1.807) is 25.1 Å². The fourth-order valence-electron chi connectivity index (χ4n) is 2.52. The first kappa shape index (κ1) is 20.5. The SMILES string of the molecule is Cc1nc(Nc2ccc(NS(=O)(=O)c3ccc(F)cc3F)cc2)cc(N(C)C)n1. The third-order valence-corrected chi connectivity index (χ3v) is 5.29. The van der Waals surface area contributed by atoms with Crippen LogP contribution in [0.5, 0.6) is 0 Å². The van der Waals surface area contributed by atoms with Gasteiger partial charge in [-0.3, -0.25) is 4.72 Å². The van der Waals surface area contributed by atoms with Gasteiger partial charge in [0.2, 0.25) is 0 Å². The monoisotopic (exact) mass is 419 g/mol. The van der Waals surface area contributed by atoms with E-state index in [4.69, 9.17) is 0 Å². The summed E-state index contributed by atoms with van der Waals surface area (Å²) in [6.45, 7) is 1.78. The van der Waals surface area contributed by atoms with Crippen LogP contribution in [0.2, 0.25) is 0 Å². The Morgan fingerprint density at radius 3 is 2.21 bits per heavy atom. The van der Waals surface area contributed by atoms with Gasteiger partial charge in [0.05, 0.1) is 0 Å². The molecule has 152 valence electrons. The molecule has 1 aromatic heterocycles. The van der Waals surface area contributed by atoms with Crippen molar-refractivity contribution in [3.8, 4) is 0 Å². The minimum absolute atomic E-state index is 0.229. The second-order valence-corrected chi connectivity index (χ2v) is 8.09. The lowest BCUT2D eigenvalue weighted by molar-refractivity contribution is 0.551. The number of sulfonamides is 1. The Morgan fingerprint density at radius 1 is 0.931 bits per heavy atom. The lowest BCUT2D eigenvalue weighted by Gasteiger charge is -2.14. The zero-order chi connectivity index (χ0) is 21.2. The van der Waals surface area contributed by atoms with Gasteiger partial charge in [-0.05, 0) is 43.3 Å². The van der Waals surface area contributed by atoms with Gasteiger partial charge in [-0.2, -0.15) is 0 Å². The maximum Gasteiger partial charge on any atom is 0.264 e. The number of rotatable bonds is 6. The number of nitrogens with one attached hydrogen (secondary N) is 2. The lowest BCUT2D eigenvalue weighted by Crippen LogP contribution is -2.14. The molecule has 0 aliphatic rings. The van der Waals surface area contributed by atoms with E-state index in [-0.39, 0.29) is 5.69 Å². The molecule has 2 aromatic carbocycles. The van der Waals surface area contributed by atoms with Crippen LogP contribution in [0.1, 0.15) is 5.82 Å². The van der Waals surface area contributed by atoms with E-state index in [1.807, 2.05) is 19.0 Å². The van der Waals surface area contributed by atoms with Crippen LogP contribution in [-0.2, 0) is 10.0 Å². The number of aromatic nitrogens is 2. The molecular formula is C19H19F2N5O2S. The van der Waals surface area contributed by atoms with Crippen molar-refractivity contribution in [3.63, 3.8) is 0 Å². The fourth-order valence-corrected chi connectivity index (χ4v) is 3.64. The zero-order valence-corrected chi connectivity index (χ0v) is 16.8. The van der Waals surface area contributed by atoms with E-state index in [2.05, 4.69) is 20.0 Å². The lowest BCUT2D eigenvalue weighted by atomic mass is 10.3. The van der Waals surface area contributed by atoms with Gasteiger partial charge in [0.1, 0.15) is 34.0 Å². The Bertz CT molecular complexity index is 1140. The van der Waals surface area contributed by atoms with E-state index in [0.29, 0.717) is 23.4 Å². The van der Waals surface area contributed by atoms with E-state index >= 15 is 0 Å². The molecule has 10 heteroatoms. The van der Waals surface area contributed by atoms with E-state index in [9.17, 15) is 17.2 Å². The summed E-state index contributed by atoms with van der Waals surface area (Å²) in [6, 6.07) is 10.4. The van der Waals surface area contributed by atoms with Crippen molar-refractivity contribution in [2.24, 2.45) is 0 Å². The minimum Gasteiger partial charge on any atom is -0.363 e.